The lowest BCUT2D eigenvalue weighted by Crippen LogP contribution is -2.48. The van der Waals surface area contributed by atoms with E-state index in [0.29, 0.717) is 0 Å². The highest BCUT2D eigenvalue weighted by atomic mass is 32.1. The van der Waals surface area contributed by atoms with Crippen molar-refractivity contribution >= 4 is 17.2 Å². The first-order valence-electron chi connectivity index (χ1n) is 8.45. The molecule has 4 nitrogen and oxygen atoms in total. The lowest BCUT2D eigenvalue weighted by atomic mass is 10.1. The van der Waals surface area contributed by atoms with Crippen molar-refractivity contribution < 1.29 is 4.79 Å². The van der Waals surface area contributed by atoms with E-state index >= 15 is 0 Å². The van der Waals surface area contributed by atoms with E-state index in [1.165, 1.54) is 9.88 Å². The quantitative estimate of drug-likeness (QED) is 0.858. The average molecular weight is 343 g/mol. The van der Waals surface area contributed by atoms with Crippen LogP contribution in [0.5, 0.6) is 0 Å². The number of carbonyl (C=O) groups is 1. The predicted octanol–water partition coefficient (Wildman–Crippen LogP) is 3.33. The molecular formula is C19H25N3OS. The number of rotatable bonds is 3. The second kappa shape index (κ2) is 7.03. The number of aromatic nitrogens is 1. The van der Waals surface area contributed by atoms with Crippen LogP contribution in [0.1, 0.15) is 37.1 Å². The molecule has 0 atom stereocenters. The van der Waals surface area contributed by atoms with Crippen LogP contribution in [-0.4, -0.2) is 46.9 Å². The molecule has 0 N–H and O–H groups in total. The first kappa shape index (κ1) is 17.1. The number of benzene rings is 1. The Morgan fingerprint density at radius 3 is 2.21 bits per heavy atom. The summed E-state index contributed by atoms with van der Waals surface area (Å²) in [5, 5.41) is 1.18. The molecule has 1 fully saturated rings. The number of amides is 1. The van der Waals surface area contributed by atoms with Crippen LogP contribution in [0, 0.1) is 27.7 Å². The van der Waals surface area contributed by atoms with Crippen molar-refractivity contribution in [2.45, 2.75) is 34.2 Å². The normalized spacial score (nSPS) is 15.8. The maximum Gasteiger partial charge on any atom is 0.253 e. The summed E-state index contributed by atoms with van der Waals surface area (Å²) in [7, 11) is 0. The van der Waals surface area contributed by atoms with Crippen molar-refractivity contribution in [1.82, 2.24) is 14.8 Å². The van der Waals surface area contributed by atoms with Crippen molar-refractivity contribution in [3.05, 3.63) is 50.5 Å². The zero-order valence-corrected chi connectivity index (χ0v) is 15.7. The molecule has 0 bridgehead atoms. The van der Waals surface area contributed by atoms with Gasteiger partial charge in [-0.1, -0.05) is 17.2 Å². The number of hydrogen-bond acceptors (Lipinski definition) is 4. The van der Waals surface area contributed by atoms with Gasteiger partial charge in [0.25, 0.3) is 5.91 Å². The molecule has 0 unspecified atom stereocenters. The summed E-state index contributed by atoms with van der Waals surface area (Å²) < 4.78 is 0. The number of piperazine rings is 1. The van der Waals surface area contributed by atoms with Gasteiger partial charge >= 0.3 is 0 Å². The molecule has 0 aliphatic carbocycles. The van der Waals surface area contributed by atoms with Crippen LogP contribution < -0.4 is 0 Å². The standard InChI is InChI=1S/C19H25N3OS/c1-13-9-14(2)11-17(10-13)19(23)22-7-5-21(6-8-22)12-18-20-15(3)16(4)24-18/h9-11H,5-8,12H2,1-4H3. The fraction of sp³-hybridized carbons (Fsp3) is 0.474. The molecule has 1 aliphatic rings. The maximum atomic E-state index is 12.7. The Balaban J connectivity index is 1.59. The van der Waals surface area contributed by atoms with Gasteiger partial charge in [-0.15, -0.1) is 11.3 Å². The summed E-state index contributed by atoms with van der Waals surface area (Å²) in [6, 6.07) is 6.08. The molecule has 3 rings (SSSR count). The van der Waals surface area contributed by atoms with Gasteiger partial charge < -0.3 is 4.90 Å². The third kappa shape index (κ3) is 3.84. The predicted molar refractivity (Wildman–Crippen MR) is 98.7 cm³/mol. The minimum absolute atomic E-state index is 0.155. The first-order valence-corrected chi connectivity index (χ1v) is 9.27. The third-order valence-corrected chi connectivity index (χ3v) is 5.62. The van der Waals surface area contributed by atoms with Gasteiger partial charge in [-0.2, -0.15) is 0 Å². The van der Waals surface area contributed by atoms with Crippen LogP contribution in [0.15, 0.2) is 18.2 Å². The van der Waals surface area contributed by atoms with Crippen LogP contribution in [0.2, 0.25) is 0 Å². The first-order chi connectivity index (χ1) is 11.4. The zero-order valence-electron chi connectivity index (χ0n) is 14.9. The van der Waals surface area contributed by atoms with E-state index < -0.39 is 0 Å². The minimum Gasteiger partial charge on any atom is -0.336 e. The highest BCUT2D eigenvalue weighted by Crippen LogP contribution is 2.19. The van der Waals surface area contributed by atoms with E-state index in [0.717, 1.165) is 55.1 Å². The Kier molecular flexibility index (Phi) is 5.01. The summed E-state index contributed by atoms with van der Waals surface area (Å²) in [4.78, 5) is 23.0. The molecule has 128 valence electrons. The Hall–Kier alpha value is -1.72. The topological polar surface area (TPSA) is 36.4 Å². The monoisotopic (exact) mass is 343 g/mol. The molecule has 1 aromatic carbocycles. The van der Waals surface area contributed by atoms with Crippen LogP contribution in [0.25, 0.3) is 0 Å². The fourth-order valence-corrected chi connectivity index (χ4v) is 4.16. The highest BCUT2D eigenvalue weighted by Gasteiger charge is 2.23. The zero-order chi connectivity index (χ0) is 17.3. The summed E-state index contributed by atoms with van der Waals surface area (Å²) >= 11 is 1.78. The van der Waals surface area contributed by atoms with Gasteiger partial charge in [-0.3, -0.25) is 9.69 Å². The second-order valence-corrected chi connectivity index (χ2v) is 7.98. The van der Waals surface area contributed by atoms with Gasteiger partial charge in [-0.25, -0.2) is 4.98 Å². The van der Waals surface area contributed by atoms with Crippen molar-refractivity contribution in [2.24, 2.45) is 0 Å². The Morgan fingerprint density at radius 2 is 1.67 bits per heavy atom. The highest BCUT2D eigenvalue weighted by molar-refractivity contribution is 7.11. The Bertz CT molecular complexity index is 705. The molecule has 0 saturated carbocycles. The molecule has 0 spiro atoms. The van der Waals surface area contributed by atoms with Crippen LogP contribution in [-0.2, 0) is 6.54 Å². The van der Waals surface area contributed by atoms with E-state index in [1.807, 2.05) is 30.9 Å². The van der Waals surface area contributed by atoms with E-state index in [4.69, 9.17) is 0 Å². The maximum absolute atomic E-state index is 12.7. The largest absolute Gasteiger partial charge is 0.336 e. The summed E-state index contributed by atoms with van der Waals surface area (Å²) in [5.41, 5.74) is 4.24. The Labute approximate surface area is 148 Å². The summed E-state index contributed by atoms with van der Waals surface area (Å²) in [6.07, 6.45) is 0. The van der Waals surface area contributed by atoms with E-state index in [9.17, 15) is 4.79 Å². The van der Waals surface area contributed by atoms with E-state index in [1.54, 1.807) is 11.3 Å². The van der Waals surface area contributed by atoms with E-state index in [2.05, 4.69) is 29.8 Å². The van der Waals surface area contributed by atoms with Crippen molar-refractivity contribution in [3.8, 4) is 0 Å². The third-order valence-electron chi connectivity index (χ3n) is 4.56. The molecule has 1 saturated heterocycles. The molecule has 2 heterocycles. The molecule has 1 amide bonds. The van der Waals surface area contributed by atoms with Crippen molar-refractivity contribution in [1.29, 1.82) is 0 Å². The molecule has 5 heteroatoms. The number of nitrogens with zero attached hydrogens (tertiary/aromatic N) is 3. The van der Waals surface area contributed by atoms with Gasteiger partial charge in [-0.05, 0) is 39.8 Å². The second-order valence-electron chi connectivity index (χ2n) is 6.69. The fourth-order valence-electron chi connectivity index (χ4n) is 3.19. The smallest absolute Gasteiger partial charge is 0.253 e. The molecule has 2 aromatic rings. The minimum atomic E-state index is 0.155. The Morgan fingerprint density at radius 1 is 1.04 bits per heavy atom. The van der Waals surface area contributed by atoms with Gasteiger partial charge in [0.05, 0.1) is 12.2 Å². The van der Waals surface area contributed by atoms with E-state index in [-0.39, 0.29) is 5.91 Å². The SMILES string of the molecule is Cc1cc(C)cc(C(=O)N2CCN(Cc3nc(C)c(C)s3)CC2)c1. The molecule has 0 radical (unpaired) electrons. The van der Waals surface area contributed by atoms with Crippen LogP contribution in [0.4, 0.5) is 0 Å². The summed E-state index contributed by atoms with van der Waals surface area (Å²) in [6.45, 7) is 12.6. The molecule has 1 aliphatic heterocycles. The average Bonchev–Trinajstić information content (AvgIpc) is 2.84. The summed E-state index contributed by atoms with van der Waals surface area (Å²) in [5.74, 6) is 0.155. The number of carbonyl (C=O) groups excluding carboxylic acids is 1. The van der Waals surface area contributed by atoms with Crippen LogP contribution >= 0.6 is 11.3 Å². The molecule has 1 aromatic heterocycles. The lowest BCUT2D eigenvalue weighted by Gasteiger charge is -2.34. The number of thiazole rings is 1. The van der Waals surface area contributed by atoms with Crippen molar-refractivity contribution in [3.63, 3.8) is 0 Å². The van der Waals surface area contributed by atoms with Gasteiger partial charge in [0.2, 0.25) is 0 Å². The lowest BCUT2D eigenvalue weighted by molar-refractivity contribution is 0.0628. The number of hydrogen-bond donors (Lipinski definition) is 0. The number of aryl methyl sites for hydroxylation is 4. The van der Waals surface area contributed by atoms with Crippen molar-refractivity contribution in [2.75, 3.05) is 26.2 Å². The van der Waals surface area contributed by atoms with Gasteiger partial charge in [0, 0.05) is 36.6 Å². The van der Waals surface area contributed by atoms with Gasteiger partial charge in [0.15, 0.2) is 0 Å². The van der Waals surface area contributed by atoms with Crippen LogP contribution in [0.3, 0.4) is 0 Å². The molecule has 24 heavy (non-hydrogen) atoms. The molecular weight excluding hydrogens is 318 g/mol. The van der Waals surface area contributed by atoms with Gasteiger partial charge in [0.1, 0.15) is 5.01 Å².